The molecule has 1 saturated heterocycles. The van der Waals surface area contributed by atoms with Gasteiger partial charge in [-0.15, -0.1) is 0 Å². The maximum absolute atomic E-state index is 5.62. The fraction of sp³-hybridized carbons (Fsp3) is 0.750. The van der Waals surface area contributed by atoms with Gasteiger partial charge in [-0.1, -0.05) is 19.3 Å². The van der Waals surface area contributed by atoms with Gasteiger partial charge in [0.2, 0.25) is 0 Å². The summed E-state index contributed by atoms with van der Waals surface area (Å²) >= 11 is 5.62. The van der Waals surface area contributed by atoms with Crippen molar-refractivity contribution >= 4 is 17.3 Å². The van der Waals surface area contributed by atoms with Crippen LogP contribution >= 0.6 is 12.2 Å². The molecular formula is C16H26N4S. The normalized spacial score (nSPS) is 21.5. The lowest BCUT2D eigenvalue weighted by molar-refractivity contribution is 0.296. The Morgan fingerprint density at radius 3 is 2.52 bits per heavy atom. The van der Waals surface area contributed by atoms with Crippen molar-refractivity contribution in [3.63, 3.8) is 0 Å². The number of nitrogens with zero attached hydrogens (tertiary/aromatic N) is 3. The first kappa shape index (κ1) is 14.8. The van der Waals surface area contributed by atoms with Gasteiger partial charge in [-0.25, -0.2) is 4.98 Å². The van der Waals surface area contributed by atoms with E-state index in [9.17, 15) is 0 Å². The molecule has 1 saturated carbocycles. The highest BCUT2D eigenvalue weighted by Gasteiger charge is 2.25. The van der Waals surface area contributed by atoms with E-state index in [0.717, 1.165) is 18.2 Å². The van der Waals surface area contributed by atoms with Crippen LogP contribution < -0.4 is 5.32 Å². The molecule has 0 amide bonds. The summed E-state index contributed by atoms with van der Waals surface area (Å²) in [5.41, 5.74) is 1.36. The largest absolute Gasteiger partial charge is 0.360 e. The third-order valence-corrected chi connectivity index (χ3v) is 5.36. The molecule has 1 aromatic heterocycles. The van der Waals surface area contributed by atoms with E-state index in [2.05, 4.69) is 26.8 Å². The average molecular weight is 306 g/mol. The minimum absolute atomic E-state index is 0.612. The lowest BCUT2D eigenvalue weighted by Gasteiger charge is -2.36. The molecule has 1 N–H and O–H groups in total. The van der Waals surface area contributed by atoms with Crippen molar-refractivity contribution in [1.82, 2.24) is 19.8 Å². The Balaban J connectivity index is 1.48. The van der Waals surface area contributed by atoms with Crippen molar-refractivity contribution in [3.8, 4) is 0 Å². The monoisotopic (exact) mass is 306 g/mol. The summed E-state index contributed by atoms with van der Waals surface area (Å²) in [7, 11) is 2.09. The zero-order chi connectivity index (χ0) is 14.7. The summed E-state index contributed by atoms with van der Waals surface area (Å²) in [6.07, 6.45) is 12.9. The van der Waals surface area contributed by atoms with Crippen LogP contribution in [0.25, 0.3) is 0 Å². The van der Waals surface area contributed by atoms with Crippen LogP contribution in [0.3, 0.4) is 0 Å². The molecule has 2 fully saturated rings. The first-order valence-electron chi connectivity index (χ1n) is 8.25. The molecule has 1 aromatic rings. The topological polar surface area (TPSA) is 33.1 Å². The smallest absolute Gasteiger partial charge is 0.169 e. The number of nitrogens with one attached hydrogen (secondary N) is 1. The second kappa shape index (κ2) is 6.77. The van der Waals surface area contributed by atoms with E-state index in [4.69, 9.17) is 12.2 Å². The molecule has 0 radical (unpaired) electrons. The number of likely N-dealkylation sites (tertiary alicyclic amines) is 1. The lowest BCUT2D eigenvalue weighted by atomic mass is 9.93. The number of hydrogen-bond acceptors (Lipinski definition) is 2. The molecule has 116 valence electrons. The zero-order valence-electron chi connectivity index (χ0n) is 12.9. The first-order valence-corrected chi connectivity index (χ1v) is 8.66. The molecule has 0 bridgehead atoms. The number of thiocarbonyl (C=S) groups is 1. The molecule has 0 spiro atoms. The summed E-state index contributed by atoms with van der Waals surface area (Å²) < 4.78 is 2.15. The van der Waals surface area contributed by atoms with Crippen molar-refractivity contribution in [2.24, 2.45) is 7.05 Å². The van der Waals surface area contributed by atoms with E-state index >= 15 is 0 Å². The Bertz CT molecular complexity index is 470. The number of imidazole rings is 1. The van der Waals surface area contributed by atoms with E-state index in [1.807, 2.05) is 12.5 Å². The molecule has 5 heteroatoms. The van der Waals surface area contributed by atoms with Gasteiger partial charge >= 0.3 is 0 Å². The molecule has 3 rings (SSSR count). The fourth-order valence-corrected chi connectivity index (χ4v) is 4.00. The van der Waals surface area contributed by atoms with Gasteiger partial charge in [0.05, 0.1) is 6.33 Å². The number of rotatable bonds is 2. The standard InChI is InChI=1S/C16H26N4S/c1-19-12-17-11-15(19)13-7-9-20(10-8-13)16(21)18-14-5-3-2-4-6-14/h11-14H,2-10H2,1H3,(H,18,21). The van der Waals surface area contributed by atoms with Gasteiger partial charge in [-0.2, -0.15) is 0 Å². The molecule has 0 atom stereocenters. The van der Waals surface area contributed by atoms with Crippen LogP contribution in [-0.2, 0) is 7.05 Å². The molecule has 1 aliphatic carbocycles. The van der Waals surface area contributed by atoms with Gasteiger partial charge < -0.3 is 14.8 Å². The quantitative estimate of drug-likeness (QED) is 0.852. The van der Waals surface area contributed by atoms with Crippen LogP contribution in [0, 0.1) is 0 Å². The van der Waals surface area contributed by atoms with Crippen LogP contribution in [0.4, 0.5) is 0 Å². The maximum Gasteiger partial charge on any atom is 0.169 e. The van der Waals surface area contributed by atoms with Gasteiger partial charge in [-0.05, 0) is 37.9 Å². The first-order chi connectivity index (χ1) is 10.2. The molecule has 2 aliphatic rings. The molecule has 0 aromatic carbocycles. The van der Waals surface area contributed by atoms with Gasteiger partial charge in [0.25, 0.3) is 0 Å². The highest BCUT2D eigenvalue weighted by molar-refractivity contribution is 7.80. The number of aryl methyl sites for hydroxylation is 1. The van der Waals surface area contributed by atoms with Gasteiger partial charge in [0.1, 0.15) is 0 Å². The lowest BCUT2D eigenvalue weighted by Crippen LogP contribution is -2.48. The molecule has 4 nitrogen and oxygen atoms in total. The van der Waals surface area contributed by atoms with Crippen LogP contribution in [-0.4, -0.2) is 38.7 Å². The Morgan fingerprint density at radius 1 is 1.19 bits per heavy atom. The predicted molar refractivity (Wildman–Crippen MR) is 89.4 cm³/mol. The van der Waals surface area contributed by atoms with Crippen molar-refractivity contribution < 1.29 is 0 Å². The van der Waals surface area contributed by atoms with E-state index < -0.39 is 0 Å². The van der Waals surface area contributed by atoms with Gasteiger partial charge in [0, 0.05) is 44.0 Å². The summed E-state index contributed by atoms with van der Waals surface area (Å²) in [4.78, 5) is 6.60. The van der Waals surface area contributed by atoms with Crippen molar-refractivity contribution in [2.45, 2.75) is 56.9 Å². The van der Waals surface area contributed by atoms with E-state index in [0.29, 0.717) is 12.0 Å². The minimum atomic E-state index is 0.612. The molecule has 21 heavy (non-hydrogen) atoms. The van der Waals surface area contributed by atoms with Crippen LogP contribution in [0.2, 0.25) is 0 Å². The predicted octanol–water partition coefficient (Wildman–Crippen LogP) is 2.81. The molecule has 0 unspecified atom stereocenters. The van der Waals surface area contributed by atoms with E-state index in [1.165, 1.54) is 50.6 Å². The molecular weight excluding hydrogens is 280 g/mol. The summed E-state index contributed by atoms with van der Waals surface area (Å²) in [6, 6.07) is 0.612. The maximum atomic E-state index is 5.62. The summed E-state index contributed by atoms with van der Waals surface area (Å²) in [6.45, 7) is 2.13. The van der Waals surface area contributed by atoms with E-state index in [-0.39, 0.29) is 0 Å². The van der Waals surface area contributed by atoms with Crippen molar-refractivity contribution in [1.29, 1.82) is 0 Å². The Kier molecular flexibility index (Phi) is 4.78. The molecule has 1 aliphatic heterocycles. The zero-order valence-corrected chi connectivity index (χ0v) is 13.7. The Hall–Kier alpha value is -1.10. The number of piperidine rings is 1. The third-order valence-electron chi connectivity index (χ3n) is 4.99. The Morgan fingerprint density at radius 2 is 1.90 bits per heavy atom. The van der Waals surface area contributed by atoms with Crippen molar-refractivity contribution in [3.05, 3.63) is 18.2 Å². The van der Waals surface area contributed by atoms with Crippen LogP contribution in [0.15, 0.2) is 12.5 Å². The average Bonchev–Trinajstić information content (AvgIpc) is 2.94. The summed E-state index contributed by atoms with van der Waals surface area (Å²) in [5, 5.41) is 4.57. The van der Waals surface area contributed by atoms with Crippen LogP contribution in [0.5, 0.6) is 0 Å². The second-order valence-corrected chi connectivity index (χ2v) is 6.86. The third kappa shape index (κ3) is 3.57. The highest BCUT2D eigenvalue weighted by atomic mass is 32.1. The van der Waals surface area contributed by atoms with Crippen LogP contribution in [0.1, 0.15) is 56.6 Å². The van der Waals surface area contributed by atoms with Gasteiger partial charge in [-0.3, -0.25) is 0 Å². The minimum Gasteiger partial charge on any atom is -0.360 e. The number of hydrogen-bond donors (Lipinski definition) is 1. The Labute approximate surface area is 132 Å². The fourth-order valence-electron chi connectivity index (χ4n) is 3.65. The van der Waals surface area contributed by atoms with Gasteiger partial charge in [0.15, 0.2) is 5.11 Å². The summed E-state index contributed by atoms with van der Waals surface area (Å²) in [5.74, 6) is 0.631. The second-order valence-electron chi connectivity index (χ2n) is 6.48. The van der Waals surface area contributed by atoms with Crippen molar-refractivity contribution in [2.75, 3.05) is 13.1 Å². The molecule has 2 heterocycles. The number of aromatic nitrogens is 2. The highest BCUT2D eigenvalue weighted by Crippen LogP contribution is 2.27. The SMILES string of the molecule is Cn1cncc1C1CCN(C(=S)NC2CCCCC2)CC1. The van der Waals surface area contributed by atoms with E-state index in [1.54, 1.807) is 0 Å².